The average molecular weight is 520 g/mol. The average Bonchev–Trinajstić information content (AvgIpc) is 3.41. The van der Waals surface area contributed by atoms with Gasteiger partial charge in [0.05, 0.1) is 0 Å². The first kappa shape index (κ1) is 24.9. The van der Waals surface area contributed by atoms with Crippen LogP contribution < -0.4 is 15.0 Å². The number of rotatable bonds is 8. The van der Waals surface area contributed by atoms with E-state index in [1.807, 2.05) is 59.3 Å². The molecule has 0 spiro atoms. The first-order valence-corrected chi connectivity index (χ1v) is 13.8. The molecule has 0 fully saturated rings. The van der Waals surface area contributed by atoms with E-state index in [0.29, 0.717) is 24.8 Å². The van der Waals surface area contributed by atoms with Gasteiger partial charge in [-0.05, 0) is 74.2 Å². The summed E-state index contributed by atoms with van der Waals surface area (Å²) in [4.78, 5) is 20.4. The summed E-state index contributed by atoms with van der Waals surface area (Å²) in [6.45, 7) is 6.71. The third-order valence-corrected chi connectivity index (χ3v) is 7.54. The van der Waals surface area contributed by atoms with Crippen molar-refractivity contribution >= 4 is 17.4 Å². The highest BCUT2D eigenvalue weighted by Gasteiger charge is 2.37. The lowest BCUT2D eigenvalue weighted by Gasteiger charge is -2.32. The highest BCUT2D eigenvalue weighted by molar-refractivity contribution is 5.99. The monoisotopic (exact) mass is 519 g/mol. The molecule has 4 aromatic rings. The number of carbonyl (C=O) groups excluding carboxylic acids is 1. The van der Waals surface area contributed by atoms with Crippen LogP contribution in [-0.4, -0.2) is 33.6 Å². The molecule has 7 nitrogen and oxygen atoms in total. The zero-order chi connectivity index (χ0) is 26.8. The molecule has 6 rings (SSSR count). The lowest BCUT2D eigenvalue weighted by molar-refractivity contribution is -0.116. The highest BCUT2D eigenvalue weighted by atomic mass is 16.5. The van der Waals surface area contributed by atoms with Gasteiger partial charge in [0, 0.05) is 42.0 Å². The number of nitrogens with one attached hydrogen (secondary N) is 1. The van der Waals surface area contributed by atoms with Gasteiger partial charge in [-0.1, -0.05) is 42.5 Å². The number of hydrogen-bond donors (Lipinski definition) is 1. The number of carbonyl (C=O) groups is 1. The summed E-state index contributed by atoms with van der Waals surface area (Å²) in [5, 5.41) is 8.38. The number of anilines is 2. The number of allylic oxidation sites excluding steroid dienone is 2. The molecule has 2 heterocycles. The number of hydrogen-bond acceptors (Lipinski definition) is 6. The Hall–Kier alpha value is -4.39. The number of nitrogens with zero attached hydrogens (tertiary/aromatic N) is 4. The molecule has 2 aliphatic rings. The summed E-state index contributed by atoms with van der Waals surface area (Å²) in [7, 11) is 0. The van der Waals surface area contributed by atoms with Gasteiger partial charge in [-0.15, -0.1) is 5.10 Å². The number of fused-ring (bicyclic) bond motifs is 1. The van der Waals surface area contributed by atoms with Crippen LogP contribution in [0.1, 0.15) is 50.3 Å². The normalized spacial score (nSPS) is 16.4. The zero-order valence-electron chi connectivity index (χ0n) is 22.4. The van der Waals surface area contributed by atoms with Crippen molar-refractivity contribution in [2.24, 2.45) is 0 Å². The smallest absolute Gasteiger partial charge is 0.226 e. The second-order valence-electron chi connectivity index (χ2n) is 9.97. The maximum atomic E-state index is 13.3. The van der Waals surface area contributed by atoms with Gasteiger partial charge in [0.15, 0.2) is 11.6 Å². The van der Waals surface area contributed by atoms with Gasteiger partial charge in [-0.2, -0.15) is 4.98 Å². The third kappa shape index (κ3) is 4.92. The summed E-state index contributed by atoms with van der Waals surface area (Å²) in [6.07, 6.45) is 2.21. The summed E-state index contributed by atoms with van der Waals surface area (Å²) in [5.41, 5.74) is 5.92. The van der Waals surface area contributed by atoms with Crippen LogP contribution in [0.15, 0.2) is 90.1 Å². The molecular formula is C32H33N5O2. The second kappa shape index (κ2) is 10.8. The molecule has 1 unspecified atom stereocenters. The van der Waals surface area contributed by atoms with Crippen molar-refractivity contribution in [3.05, 3.63) is 101 Å². The Morgan fingerprint density at radius 2 is 1.77 bits per heavy atom. The Morgan fingerprint density at radius 3 is 2.54 bits per heavy atom. The topological polar surface area (TPSA) is 72.3 Å². The van der Waals surface area contributed by atoms with Crippen molar-refractivity contribution in [3.63, 3.8) is 0 Å². The number of aromatic nitrogens is 3. The molecule has 0 saturated heterocycles. The van der Waals surface area contributed by atoms with E-state index in [4.69, 9.17) is 14.8 Å². The SMILES string of the molecule is CCN(CC)c1ccc(-c2nc3n(n2)C(c2cccc(OCc4ccccc4)c2)C2=C(CCCC2=O)N3)cc1. The van der Waals surface area contributed by atoms with Crippen LogP contribution in [0.5, 0.6) is 5.75 Å². The fourth-order valence-electron chi connectivity index (χ4n) is 5.51. The van der Waals surface area contributed by atoms with Crippen molar-refractivity contribution in [1.29, 1.82) is 0 Å². The minimum Gasteiger partial charge on any atom is -0.489 e. The first-order valence-electron chi connectivity index (χ1n) is 13.8. The van der Waals surface area contributed by atoms with Gasteiger partial charge < -0.3 is 15.0 Å². The summed E-state index contributed by atoms with van der Waals surface area (Å²) in [6, 6.07) is 26.1. The largest absolute Gasteiger partial charge is 0.489 e. The molecule has 1 aliphatic carbocycles. The van der Waals surface area contributed by atoms with Crippen molar-refractivity contribution in [2.75, 3.05) is 23.3 Å². The fourth-order valence-corrected chi connectivity index (χ4v) is 5.51. The lowest BCUT2D eigenvalue weighted by Crippen LogP contribution is -2.31. The number of ketones is 1. The number of ether oxygens (including phenoxy) is 1. The molecular weight excluding hydrogens is 486 g/mol. The molecule has 7 heteroatoms. The second-order valence-corrected chi connectivity index (χ2v) is 9.97. The van der Waals surface area contributed by atoms with Crippen LogP contribution in [-0.2, 0) is 11.4 Å². The molecule has 0 bridgehead atoms. The summed E-state index contributed by atoms with van der Waals surface area (Å²) < 4.78 is 8.00. The third-order valence-electron chi connectivity index (χ3n) is 7.54. The molecule has 0 amide bonds. The van der Waals surface area contributed by atoms with E-state index in [2.05, 4.69) is 48.3 Å². The van der Waals surface area contributed by atoms with E-state index in [9.17, 15) is 4.79 Å². The van der Waals surface area contributed by atoms with Crippen LogP contribution in [0.2, 0.25) is 0 Å². The maximum Gasteiger partial charge on any atom is 0.226 e. The standard InChI is InChI=1S/C32H33N5O2/c1-3-36(4-2)25-18-16-23(17-19-25)31-34-32-33-27-14-9-15-28(38)29(27)30(37(32)35-31)24-12-8-13-26(20-24)39-21-22-10-6-5-7-11-22/h5-8,10-13,16-20,30H,3-4,9,14-15,21H2,1-2H3,(H,33,34,35). The van der Waals surface area contributed by atoms with Crippen molar-refractivity contribution in [2.45, 2.75) is 45.8 Å². The Bertz CT molecular complexity index is 1500. The lowest BCUT2D eigenvalue weighted by atomic mass is 9.85. The quantitative estimate of drug-likeness (QED) is 0.291. The van der Waals surface area contributed by atoms with Crippen LogP contribution >= 0.6 is 0 Å². The van der Waals surface area contributed by atoms with Crippen molar-refractivity contribution < 1.29 is 9.53 Å². The predicted molar refractivity (Wildman–Crippen MR) is 154 cm³/mol. The molecule has 1 aliphatic heterocycles. The van der Waals surface area contributed by atoms with Crippen LogP contribution in [0.4, 0.5) is 11.6 Å². The molecule has 1 N–H and O–H groups in total. The first-order chi connectivity index (χ1) is 19.1. The Labute approximate surface area is 229 Å². The van der Waals surface area contributed by atoms with E-state index in [1.165, 1.54) is 5.69 Å². The van der Waals surface area contributed by atoms with E-state index in [1.54, 1.807) is 0 Å². The van der Waals surface area contributed by atoms with Gasteiger partial charge >= 0.3 is 0 Å². The van der Waals surface area contributed by atoms with Crippen LogP contribution in [0, 0.1) is 0 Å². The van der Waals surface area contributed by atoms with E-state index >= 15 is 0 Å². The molecule has 3 aromatic carbocycles. The Balaban J connectivity index is 1.35. The van der Waals surface area contributed by atoms with Crippen LogP contribution in [0.25, 0.3) is 11.4 Å². The minimum atomic E-state index is -0.361. The zero-order valence-corrected chi connectivity index (χ0v) is 22.4. The van der Waals surface area contributed by atoms with Gasteiger partial charge in [-0.3, -0.25) is 4.79 Å². The van der Waals surface area contributed by atoms with Crippen molar-refractivity contribution in [1.82, 2.24) is 14.8 Å². The number of Topliss-reactive ketones (excluding diaryl/α,β-unsaturated/α-hetero) is 1. The van der Waals surface area contributed by atoms with Gasteiger partial charge in [-0.25, -0.2) is 4.68 Å². The number of benzene rings is 3. The van der Waals surface area contributed by atoms with E-state index in [0.717, 1.165) is 59.6 Å². The summed E-state index contributed by atoms with van der Waals surface area (Å²) >= 11 is 0. The van der Waals surface area contributed by atoms with Gasteiger partial charge in [0.2, 0.25) is 5.95 Å². The Kier molecular flexibility index (Phi) is 6.88. The molecule has 1 atom stereocenters. The Morgan fingerprint density at radius 1 is 0.974 bits per heavy atom. The molecule has 198 valence electrons. The molecule has 0 saturated carbocycles. The van der Waals surface area contributed by atoms with E-state index in [-0.39, 0.29) is 11.8 Å². The molecule has 39 heavy (non-hydrogen) atoms. The van der Waals surface area contributed by atoms with Gasteiger partial charge in [0.1, 0.15) is 18.4 Å². The maximum absolute atomic E-state index is 13.3. The minimum absolute atomic E-state index is 0.163. The molecule has 0 radical (unpaired) electrons. The summed E-state index contributed by atoms with van der Waals surface area (Å²) in [5.74, 6) is 2.22. The predicted octanol–water partition coefficient (Wildman–Crippen LogP) is 6.39. The molecule has 1 aromatic heterocycles. The van der Waals surface area contributed by atoms with Gasteiger partial charge in [0.25, 0.3) is 0 Å². The fraction of sp³-hybridized carbons (Fsp3) is 0.281. The highest BCUT2D eigenvalue weighted by Crippen LogP contribution is 2.41. The van der Waals surface area contributed by atoms with Crippen molar-refractivity contribution in [3.8, 4) is 17.1 Å². The van der Waals surface area contributed by atoms with Crippen LogP contribution in [0.3, 0.4) is 0 Å². The van der Waals surface area contributed by atoms with E-state index < -0.39 is 0 Å².